The van der Waals surface area contributed by atoms with Crippen LogP contribution in [0.3, 0.4) is 0 Å². The fourth-order valence-electron chi connectivity index (χ4n) is 2.28. The number of ether oxygens (including phenoxy) is 2. The summed E-state index contributed by atoms with van der Waals surface area (Å²) in [5.74, 6) is 3.88. The van der Waals surface area contributed by atoms with Gasteiger partial charge in [0.15, 0.2) is 0 Å². The van der Waals surface area contributed by atoms with Crippen LogP contribution in [0, 0.1) is 11.8 Å². The van der Waals surface area contributed by atoms with Crippen molar-refractivity contribution in [1.29, 1.82) is 0 Å². The lowest BCUT2D eigenvalue weighted by Gasteiger charge is -2.17. The van der Waals surface area contributed by atoms with Gasteiger partial charge in [-0.05, 0) is 38.3 Å². The number of esters is 2. The van der Waals surface area contributed by atoms with Gasteiger partial charge in [-0.25, -0.2) is 4.79 Å². The van der Waals surface area contributed by atoms with Gasteiger partial charge in [-0.15, -0.1) is 11.3 Å². The van der Waals surface area contributed by atoms with Gasteiger partial charge in [0.05, 0.1) is 23.0 Å². The highest BCUT2D eigenvalue weighted by atomic mass is 32.1. The molecule has 0 aliphatic heterocycles. The van der Waals surface area contributed by atoms with E-state index in [1.807, 2.05) is 6.92 Å². The topological polar surface area (TPSA) is 102 Å². The molecule has 7 nitrogen and oxygen atoms in total. The van der Waals surface area contributed by atoms with Gasteiger partial charge in [0.2, 0.25) is 0 Å². The first-order valence-electron chi connectivity index (χ1n) is 8.82. The molecule has 148 valence electrons. The SMILES string of the molecule is CCOC(=O)CC[C@H](NC(=O)c1sc(C#CCO)cc1CC)C(=O)OCC. The molecule has 0 aliphatic rings. The third-order valence-corrected chi connectivity index (χ3v) is 4.60. The van der Waals surface area contributed by atoms with Crippen LogP contribution in [0.4, 0.5) is 0 Å². The Morgan fingerprint density at radius 3 is 2.52 bits per heavy atom. The molecule has 0 bridgehead atoms. The second-order valence-electron chi connectivity index (χ2n) is 5.40. The maximum absolute atomic E-state index is 12.7. The van der Waals surface area contributed by atoms with E-state index in [2.05, 4.69) is 17.2 Å². The van der Waals surface area contributed by atoms with Crippen LogP contribution in [0.5, 0.6) is 0 Å². The average Bonchev–Trinajstić information content (AvgIpc) is 3.07. The summed E-state index contributed by atoms with van der Waals surface area (Å²) in [4.78, 5) is 37.5. The predicted octanol–water partition coefficient (Wildman–Crippen LogP) is 1.66. The fourth-order valence-corrected chi connectivity index (χ4v) is 3.31. The van der Waals surface area contributed by atoms with Gasteiger partial charge < -0.3 is 19.9 Å². The van der Waals surface area contributed by atoms with E-state index < -0.39 is 23.9 Å². The number of hydrogen-bond donors (Lipinski definition) is 2. The van der Waals surface area contributed by atoms with E-state index in [-0.39, 0.29) is 32.7 Å². The Morgan fingerprint density at radius 2 is 1.93 bits per heavy atom. The number of aryl methyl sites for hydroxylation is 1. The smallest absolute Gasteiger partial charge is 0.328 e. The van der Waals surface area contributed by atoms with Crippen LogP contribution >= 0.6 is 11.3 Å². The highest BCUT2D eigenvalue weighted by molar-refractivity contribution is 7.14. The molecule has 0 spiro atoms. The zero-order valence-corrected chi connectivity index (χ0v) is 16.6. The van der Waals surface area contributed by atoms with E-state index in [4.69, 9.17) is 14.6 Å². The van der Waals surface area contributed by atoms with Crippen molar-refractivity contribution in [2.75, 3.05) is 19.8 Å². The molecule has 0 saturated heterocycles. The maximum atomic E-state index is 12.7. The van der Waals surface area contributed by atoms with Crippen molar-refractivity contribution in [3.63, 3.8) is 0 Å². The van der Waals surface area contributed by atoms with E-state index in [1.165, 1.54) is 11.3 Å². The Morgan fingerprint density at radius 1 is 1.22 bits per heavy atom. The largest absolute Gasteiger partial charge is 0.466 e. The van der Waals surface area contributed by atoms with Gasteiger partial charge in [0, 0.05) is 6.42 Å². The van der Waals surface area contributed by atoms with E-state index in [1.54, 1.807) is 19.9 Å². The third kappa shape index (κ3) is 7.41. The second-order valence-corrected chi connectivity index (χ2v) is 6.45. The number of carbonyl (C=O) groups is 3. The standard InChI is InChI=1S/C19H25NO6S/c1-4-13-12-14(8-7-11-21)27-17(13)18(23)20-15(19(24)26-6-3)9-10-16(22)25-5-2/h12,15,21H,4-6,9-11H2,1-3H3,(H,20,23)/t15-/m0/s1. The lowest BCUT2D eigenvalue weighted by Crippen LogP contribution is -2.42. The van der Waals surface area contributed by atoms with Crippen LogP contribution in [-0.2, 0) is 25.5 Å². The predicted molar refractivity (Wildman–Crippen MR) is 101 cm³/mol. The van der Waals surface area contributed by atoms with Gasteiger partial charge in [-0.2, -0.15) is 0 Å². The molecule has 0 aromatic carbocycles. The molecule has 1 amide bonds. The molecule has 1 aromatic rings. The highest BCUT2D eigenvalue weighted by Crippen LogP contribution is 2.23. The molecule has 0 aliphatic carbocycles. The molecule has 0 unspecified atom stereocenters. The minimum atomic E-state index is -0.944. The third-order valence-electron chi connectivity index (χ3n) is 3.51. The average molecular weight is 395 g/mol. The van der Waals surface area contributed by atoms with E-state index in [9.17, 15) is 14.4 Å². The Bertz CT molecular complexity index is 716. The molecule has 2 N–H and O–H groups in total. The van der Waals surface area contributed by atoms with Crippen molar-refractivity contribution >= 4 is 29.2 Å². The Kier molecular flexibility index (Phi) is 10.2. The van der Waals surface area contributed by atoms with E-state index in [0.29, 0.717) is 16.2 Å². The molecule has 0 fully saturated rings. The van der Waals surface area contributed by atoms with Gasteiger partial charge in [0.25, 0.3) is 5.91 Å². The zero-order valence-electron chi connectivity index (χ0n) is 15.8. The maximum Gasteiger partial charge on any atom is 0.328 e. The minimum Gasteiger partial charge on any atom is -0.466 e. The number of nitrogens with one attached hydrogen (secondary N) is 1. The van der Waals surface area contributed by atoms with Crippen LogP contribution in [0.15, 0.2) is 6.07 Å². The molecule has 0 saturated carbocycles. The van der Waals surface area contributed by atoms with Crippen LogP contribution in [0.1, 0.15) is 53.7 Å². The summed E-state index contributed by atoms with van der Waals surface area (Å²) in [6.07, 6.45) is 0.705. The number of aliphatic hydroxyl groups excluding tert-OH is 1. The Hall–Kier alpha value is -2.37. The quantitative estimate of drug-likeness (QED) is 0.487. The number of aliphatic hydroxyl groups is 1. The van der Waals surface area contributed by atoms with Crippen molar-refractivity contribution in [1.82, 2.24) is 5.32 Å². The highest BCUT2D eigenvalue weighted by Gasteiger charge is 2.25. The summed E-state index contributed by atoms with van der Waals surface area (Å²) in [6, 6.07) is 0.848. The Balaban J connectivity index is 2.92. The molecule has 27 heavy (non-hydrogen) atoms. The van der Waals surface area contributed by atoms with Crippen LogP contribution in [0.25, 0.3) is 0 Å². The Labute approximate surface area is 163 Å². The van der Waals surface area contributed by atoms with Crippen LogP contribution in [-0.4, -0.2) is 48.8 Å². The summed E-state index contributed by atoms with van der Waals surface area (Å²) >= 11 is 1.19. The lowest BCUT2D eigenvalue weighted by atomic mass is 10.1. The number of hydrogen-bond acceptors (Lipinski definition) is 7. The monoisotopic (exact) mass is 395 g/mol. The summed E-state index contributed by atoms with van der Waals surface area (Å²) in [5.41, 5.74) is 0.799. The number of carbonyl (C=O) groups excluding carboxylic acids is 3. The van der Waals surface area contributed by atoms with E-state index >= 15 is 0 Å². The van der Waals surface area contributed by atoms with Crippen LogP contribution < -0.4 is 5.32 Å². The molecule has 1 rings (SSSR count). The summed E-state index contributed by atoms with van der Waals surface area (Å²) in [6.45, 7) is 5.43. The first kappa shape index (κ1) is 22.7. The molecule has 1 aromatic heterocycles. The minimum absolute atomic E-state index is 0.00407. The molecular weight excluding hydrogens is 370 g/mol. The summed E-state index contributed by atoms with van der Waals surface area (Å²) in [7, 11) is 0. The van der Waals surface area contributed by atoms with E-state index in [0.717, 1.165) is 5.56 Å². The molecular formula is C19H25NO6S. The number of thiophene rings is 1. The van der Waals surface area contributed by atoms with Crippen molar-refractivity contribution in [2.45, 2.75) is 46.1 Å². The summed E-state index contributed by atoms with van der Waals surface area (Å²) in [5, 5.41) is 11.5. The first-order valence-corrected chi connectivity index (χ1v) is 9.63. The summed E-state index contributed by atoms with van der Waals surface area (Å²) < 4.78 is 9.86. The molecule has 1 atom stereocenters. The molecule has 8 heteroatoms. The number of amides is 1. The van der Waals surface area contributed by atoms with Crippen molar-refractivity contribution in [3.05, 3.63) is 21.4 Å². The van der Waals surface area contributed by atoms with Gasteiger partial charge in [0.1, 0.15) is 12.6 Å². The lowest BCUT2D eigenvalue weighted by molar-refractivity contribution is -0.146. The van der Waals surface area contributed by atoms with Gasteiger partial charge in [-0.1, -0.05) is 18.8 Å². The van der Waals surface area contributed by atoms with Crippen molar-refractivity contribution in [2.24, 2.45) is 0 Å². The van der Waals surface area contributed by atoms with Gasteiger partial charge >= 0.3 is 11.9 Å². The number of rotatable bonds is 9. The zero-order chi connectivity index (χ0) is 20.2. The van der Waals surface area contributed by atoms with Crippen molar-refractivity contribution in [3.8, 4) is 11.8 Å². The fraction of sp³-hybridized carbons (Fsp3) is 0.526. The normalized spacial score (nSPS) is 11.1. The van der Waals surface area contributed by atoms with Gasteiger partial charge in [-0.3, -0.25) is 9.59 Å². The molecule has 0 radical (unpaired) electrons. The van der Waals surface area contributed by atoms with Crippen molar-refractivity contribution < 1.29 is 29.0 Å². The van der Waals surface area contributed by atoms with Crippen LogP contribution in [0.2, 0.25) is 0 Å². The first-order chi connectivity index (χ1) is 13.0. The molecule has 1 heterocycles. The second kappa shape index (κ2) is 12.1.